The van der Waals surface area contributed by atoms with Gasteiger partial charge in [0.25, 0.3) is 0 Å². The summed E-state index contributed by atoms with van der Waals surface area (Å²) in [7, 11) is 0. The van der Waals surface area contributed by atoms with Gasteiger partial charge in [0.15, 0.2) is 0 Å². The minimum absolute atomic E-state index is 0.0184. The predicted octanol–water partition coefficient (Wildman–Crippen LogP) is 2.77. The number of nitrogens with two attached hydrogens (primary N) is 2. The molecule has 0 saturated heterocycles. The Hall–Kier alpha value is -1.43. The van der Waals surface area contributed by atoms with Gasteiger partial charge in [0.05, 0.1) is 16.7 Å². The van der Waals surface area contributed by atoms with Crippen molar-refractivity contribution < 1.29 is 0 Å². The van der Waals surface area contributed by atoms with E-state index in [2.05, 4.69) is 31.6 Å². The molecule has 1 heterocycles. The first-order valence-electron chi connectivity index (χ1n) is 6.67. The van der Waals surface area contributed by atoms with Crippen LogP contribution in [0.5, 0.6) is 0 Å². The summed E-state index contributed by atoms with van der Waals surface area (Å²) in [6.07, 6.45) is 0.742. The molecular weight excluding hydrogens is 268 g/mol. The Morgan fingerprint density at radius 3 is 2.55 bits per heavy atom. The first-order chi connectivity index (χ1) is 9.41. The molecule has 1 aromatic heterocycles. The number of hydrazine groups is 1. The van der Waals surface area contributed by atoms with E-state index in [1.807, 2.05) is 24.3 Å². The van der Waals surface area contributed by atoms with Crippen LogP contribution in [0.1, 0.15) is 43.1 Å². The molecule has 4 nitrogen and oxygen atoms in total. The number of hydrogen-bond donors (Lipinski definition) is 3. The van der Waals surface area contributed by atoms with Crippen LogP contribution in [-0.2, 0) is 11.8 Å². The lowest BCUT2D eigenvalue weighted by molar-refractivity contribution is 0.542. The van der Waals surface area contributed by atoms with Crippen LogP contribution < -0.4 is 17.0 Å². The number of benzene rings is 1. The minimum Gasteiger partial charge on any atom is -0.398 e. The van der Waals surface area contributed by atoms with E-state index in [0.29, 0.717) is 0 Å². The van der Waals surface area contributed by atoms with E-state index in [1.54, 1.807) is 11.3 Å². The Labute approximate surface area is 124 Å². The fourth-order valence-corrected chi connectivity index (χ4v) is 3.08. The summed E-state index contributed by atoms with van der Waals surface area (Å²) in [6, 6.07) is 7.77. The van der Waals surface area contributed by atoms with E-state index in [-0.39, 0.29) is 11.5 Å². The van der Waals surface area contributed by atoms with E-state index in [9.17, 15) is 0 Å². The second kappa shape index (κ2) is 5.91. The fourth-order valence-electron chi connectivity index (χ4n) is 2.01. The van der Waals surface area contributed by atoms with Crippen LogP contribution in [0.2, 0.25) is 0 Å². The zero-order valence-electron chi connectivity index (χ0n) is 12.2. The Balaban J connectivity index is 2.19. The number of thiazole rings is 1. The van der Waals surface area contributed by atoms with Crippen molar-refractivity contribution in [3.8, 4) is 0 Å². The van der Waals surface area contributed by atoms with Gasteiger partial charge in [-0.05, 0) is 11.6 Å². The summed E-state index contributed by atoms with van der Waals surface area (Å²) >= 11 is 1.67. The molecule has 2 aromatic rings. The maximum absolute atomic E-state index is 6.01. The number of rotatable bonds is 4. The van der Waals surface area contributed by atoms with Crippen molar-refractivity contribution in [3.63, 3.8) is 0 Å². The van der Waals surface area contributed by atoms with E-state index in [1.165, 1.54) is 0 Å². The van der Waals surface area contributed by atoms with Gasteiger partial charge >= 0.3 is 0 Å². The molecule has 0 spiro atoms. The topological polar surface area (TPSA) is 77.0 Å². The van der Waals surface area contributed by atoms with Crippen LogP contribution in [0.15, 0.2) is 29.6 Å². The molecule has 108 valence electrons. The standard InChI is InChI=1S/C15H22N4S/c1-15(2,3)13-9-20-14(18-13)8-12(19-17)10-6-4-5-7-11(10)16/h4-7,9,12,19H,8,16-17H2,1-3H3. The van der Waals surface area contributed by atoms with Gasteiger partial charge in [-0.25, -0.2) is 4.98 Å². The Kier molecular flexibility index (Phi) is 4.42. The number of nitrogens with zero attached hydrogens (tertiary/aromatic N) is 1. The van der Waals surface area contributed by atoms with Crippen LogP contribution in [0.4, 0.5) is 5.69 Å². The van der Waals surface area contributed by atoms with Crippen molar-refractivity contribution in [3.05, 3.63) is 45.9 Å². The molecule has 0 radical (unpaired) electrons. The third kappa shape index (κ3) is 3.36. The molecule has 0 aliphatic rings. The maximum Gasteiger partial charge on any atom is 0.0948 e. The lowest BCUT2D eigenvalue weighted by atomic mass is 9.93. The van der Waals surface area contributed by atoms with Gasteiger partial charge in [0, 0.05) is 22.9 Å². The summed E-state index contributed by atoms with van der Waals surface area (Å²) < 4.78 is 0. The second-order valence-corrected chi connectivity index (χ2v) is 6.87. The molecule has 0 aliphatic heterocycles. The maximum atomic E-state index is 6.01. The number of aromatic nitrogens is 1. The normalized spacial score (nSPS) is 13.4. The van der Waals surface area contributed by atoms with Crippen molar-refractivity contribution in [2.45, 2.75) is 38.6 Å². The van der Waals surface area contributed by atoms with Gasteiger partial charge in [-0.15, -0.1) is 11.3 Å². The van der Waals surface area contributed by atoms with Gasteiger partial charge in [-0.1, -0.05) is 39.0 Å². The molecule has 1 atom stereocenters. The summed E-state index contributed by atoms with van der Waals surface area (Å²) in [4.78, 5) is 4.71. The number of para-hydroxylation sites is 1. The number of anilines is 1. The van der Waals surface area contributed by atoms with Crippen LogP contribution in [0, 0.1) is 0 Å². The van der Waals surface area contributed by atoms with Crippen molar-refractivity contribution in [2.24, 2.45) is 5.84 Å². The molecule has 0 bridgehead atoms. The predicted molar refractivity (Wildman–Crippen MR) is 85.4 cm³/mol. The number of nitrogen functional groups attached to an aromatic ring is 1. The highest BCUT2D eigenvalue weighted by Gasteiger charge is 2.20. The molecule has 1 aromatic carbocycles. The highest BCUT2D eigenvalue weighted by atomic mass is 32.1. The monoisotopic (exact) mass is 290 g/mol. The van der Waals surface area contributed by atoms with Gasteiger partial charge in [-0.2, -0.15) is 0 Å². The van der Waals surface area contributed by atoms with Gasteiger partial charge in [0.2, 0.25) is 0 Å². The lowest BCUT2D eigenvalue weighted by Crippen LogP contribution is -2.30. The average Bonchev–Trinajstić information content (AvgIpc) is 2.85. The first kappa shape index (κ1) is 15.0. The third-order valence-electron chi connectivity index (χ3n) is 3.27. The summed E-state index contributed by atoms with van der Waals surface area (Å²) in [5, 5.41) is 3.19. The SMILES string of the molecule is CC(C)(C)c1csc(CC(NN)c2ccccc2N)n1. The number of hydrogen-bond acceptors (Lipinski definition) is 5. The van der Waals surface area contributed by atoms with Crippen molar-refractivity contribution in [2.75, 3.05) is 5.73 Å². The quantitative estimate of drug-likeness (QED) is 0.460. The molecule has 5 heteroatoms. The van der Waals surface area contributed by atoms with Crippen LogP contribution in [0.25, 0.3) is 0 Å². The molecule has 0 saturated carbocycles. The highest BCUT2D eigenvalue weighted by Crippen LogP contribution is 2.28. The first-order valence-corrected chi connectivity index (χ1v) is 7.55. The Bertz CT molecular complexity index is 571. The van der Waals surface area contributed by atoms with E-state index >= 15 is 0 Å². The molecule has 20 heavy (non-hydrogen) atoms. The molecule has 5 N–H and O–H groups in total. The van der Waals surface area contributed by atoms with Crippen molar-refractivity contribution in [1.82, 2.24) is 10.4 Å². The van der Waals surface area contributed by atoms with Crippen LogP contribution in [0.3, 0.4) is 0 Å². The molecule has 0 fully saturated rings. The zero-order valence-corrected chi connectivity index (χ0v) is 13.0. The molecule has 0 aliphatic carbocycles. The molecule has 1 unspecified atom stereocenters. The Morgan fingerprint density at radius 1 is 1.30 bits per heavy atom. The van der Waals surface area contributed by atoms with Gasteiger partial charge < -0.3 is 5.73 Å². The summed E-state index contributed by atoms with van der Waals surface area (Å²) in [5.74, 6) is 5.69. The zero-order chi connectivity index (χ0) is 14.8. The fraction of sp³-hybridized carbons (Fsp3) is 0.400. The summed E-state index contributed by atoms with van der Waals surface area (Å²) in [6.45, 7) is 6.50. The molecule has 0 amide bonds. The highest BCUT2D eigenvalue weighted by molar-refractivity contribution is 7.09. The molecular formula is C15H22N4S. The average molecular weight is 290 g/mol. The van der Waals surface area contributed by atoms with Crippen LogP contribution in [-0.4, -0.2) is 4.98 Å². The second-order valence-electron chi connectivity index (χ2n) is 5.93. The lowest BCUT2D eigenvalue weighted by Gasteiger charge is -2.17. The molecule has 2 rings (SSSR count). The number of nitrogens with one attached hydrogen (secondary N) is 1. The largest absolute Gasteiger partial charge is 0.398 e. The van der Waals surface area contributed by atoms with Crippen molar-refractivity contribution >= 4 is 17.0 Å². The third-order valence-corrected chi connectivity index (χ3v) is 4.14. The van der Waals surface area contributed by atoms with Crippen LogP contribution >= 0.6 is 11.3 Å². The van der Waals surface area contributed by atoms with E-state index < -0.39 is 0 Å². The van der Waals surface area contributed by atoms with E-state index in [4.69, 9.17) is 16.6 Å². The van der Waals surface area contributed by atoms with E-state index in [0.717, 1.165) is 28.4 Å². The van der Waals surface area contributed by atoms with Crippen molar-refractivity contribution in [1.29, 1.82) is 0 Å². The summed E-state index contributed by atoms with van der Waals surface area (Å²) in [5.41, 5.74) is 11.8. The van der Waals surface area contributed by atoms with Gasteiger partial charge in [0.1, 0.15) is 0 Å². The Morgan fingerprint density at radius 2 is 2.00 bits per heavy atom. The smallest absolute Gasteiger partial charge is 0.0948 e. The minimum atomic E-state index is -0.0184. The van der Waals surface area contributed by atoms with Gasteiger partial charge in [-0.3, -0.25) is 11.3 Å².